The lowest BCUT2D eigenvalue weighted by Crippen LogP contribution is -2.57. The number of nitrogens with one attached hydrogen (secondary N) is 2. The van der Waals surface area contributed by atoms with E-state index in [1.165, 1.54) is 0 Å². The number of carbonyl (C=O) groups excluding carboxylic acids is 1. The van der Waals surface area contributed by atoms with E-state index >= 15 is 0 Å². The largest absolute Gasteiger partial charge is 0.394 e. The number of ether oxygens (including phenoxy) is 1. The van der Waals surface area contributed by atoms with E-state index in [9.17, 15) is 9.90 Å². The van der Waals surface area contributed by atoms with Crippen molar-refractivity contribution in [1.29, 1.82) is 0 Å². The maximum absolute atomic E-state index is 12.2. The van der Waals surface area contributed by atoms with E-state index < -0.39 is 5.54 Å². The third-order valence-electron chi connectivity index (χ3n) is 4.62. The maximum atomic E-state index is 12.2. The van der Waals surface area contributed by atoms with E-state index in [-0.39, 0.29) is 29.9 Å². The predicted molar refractivity (Wildman–Crippen MR) is 77.6 cm³/mol. The number of urea groups is 1. The molecular weight excluding hydrogens is 256 g/mol. The van der Waals surface area contributed by atoms with E-state index in [1.807, 2.05) is 27.7 Å². The van der Waals surface area contributed by atoms with Gasteiger partial charge in [0.15, 0.2) is 0 Å². The van der Waals surface area contributed by atoms with Crippen LogP contribution in [0.15, 0.2) is 0 Å². The van der Waals surface area contributed by atoms with Crippen LogP contribution in [0.25, 0.3) is 0 Å². The fourth-order valence-corrected chi connectivity index (χ4v) is 3.60. The average Bonchev–Trinajstić information content (AvgIpc) is 2.82. The Kier molecular flexibility index (Phi) is 4.04. The van der Waals surface area contributed by atoms with E-state index in [0.29, 0.717) is 0 Å². The van der Waals surface area contributed by atoms with Crippen LogP contribution in [-0.4, -0.2) is 40.5 Å². The van der Waals surface area contributed by atoms with Crippen LogP contribution in [0, 0.1) is 0 Å². The Morgan fingerprint density at radius 1 is 1.25 bits per heavy atom. The first-order chi connectivity index (χ1) is 9.18. The fraction of sp³-hybridized carbons (Fsp3) is 0.933. The van der Waals surface area contributed by atoms with Crippen molar-refractivity contribution in [3.8, 4) is 0 Å². The first-order valence-corrected chi connectivity index (χ1v) is 7.58. The molecule has 2 rings (SSSR count). The number of aliphatic hydroxyl groups is 1. The number of hydrogen-bond acceptors (Lipinski definition) is 3. The number of amides is 2. The summed E-state index contributed by atoms with van der Waals surface area (Å²) in [5.74, 6) is 0. The molecule has 1 aliphatic heterocycles. The molecule has 1 atom stereocenters. The summed E-state index contributed by atoms with van der Waals surface area (Å²) in [4.78, 5) is 12.2. The minimum atomic E-state index is -0.427. The molecule has 1 unspecified atom stereocenters. The van der Waals surface area contributed by atoms with E-state index in [1.54, 1.807) is 0 Å². The van der Waals surface area contributed by atoms with Gasteiger partial charge in [0.05, 0.1) is 29.4 Å². The van der Waals surface area contributed by atoms with Crippen LogP contribution in [-0.2, 0) is 4.74 Å². The Morgan fingerprint density at radius 3 is 2.30 bits per heavy atom. The fourth-order valence-electron chi connectivity index (χ4n) is 3.60. The quantitative estimate of drug-likeness (QED) is 0.741. The summed E-state index contributed by atoms with van der Waals surface area (Å²) in [7, 11) is 0. The first-order valence-electron chi connectivity index (χ1n) is 7.58. The van der Waals surface area contributed by atoms with Gasteiger partial charge < -0.3 is 20.5 Å². The van der Waals surface area contributed by atoms with Crippen molar-refractivity contribution in [2.24, 2.45) is 0 Å². The molecule has 0 spiro atoms. The highest BCUT2D eigenvalue weighted by atomic mass is 16.5. The van der Waals surface area contributed by atoms with Crippen molar-refractivity contribution in [2.45, 2.75) is 82.6 Å². The maximum Gasteiger partial charge on any atom is 0.315 e. The molecule has 3 N–H and O–H groups in total. The highest BCUT2D eigenvalue weighted by Gasteiger charge is 2.47. The summed E-state index contributed by atoms with van der Waals surface area (Å²) < 4.78 is 5.98. The zero-order chi connectivity index (χ0) is 15.0. The molecule has 1 heterocycles. The molecule has 2 amide bonds. The van der Waals surface area contributed by atoms with Gasteiger partial charge in [-0.05, 0) is 47.0 Å². The van der Waals surface area contributed by atoms with Crippen molar-refractivity contribution in [3.05, 3.63) is 0 Å². The SMILES string of the molecule is CC1(C)CC(NC(=O)NC2(CO)CCCC2)C(C)(C)O1. The first kappa shape index (κ1) is 15.6. The lowest BCUT2D eigenvalue weighted by molar-refractivity contribution is -0.0691. The molecule has 5 nitrogen and oxygen atoms in total. The molecule has 20 heavy (non-hydrogen) atoms. The third kappa shape index (κ3) is 3.26. The molecule has 1 saturated carbocycles. The topological polar surface area (TPSA) is 70.6 Å². The van der Waals surface area contributed by atoms with Gasteiger partial charge in [-0.2, -0.15) is 0 Å². The van der Waals surface area contributed by atoms with Gasteiger partial charge in [0, 0.05) is 0 Å². The second-order valence-corrected chi connectivity index (χ2v) is 7.47. The highest BCUT2D eigenvalue weighted by molar-refractivity contribution is 5.75. The van der Waals surface area contributed by atoms with Crippen LogP contribution < -0.4 is 10.6 Å². The summed E-state index contributed by atoms with van der Waals surface area (Å²) in [5, 5.41) is 15.5. The zero-order valence-electron chi connectivity index (χ0n) is 13.1. The van der Waals surface area contributed by atoms with Gasteiger partial charge in [-0.1, -0.05) is 12.8 Å². The minimum Gasteiger partial charge on any atom is -0.394 e. The van der Waals surface area contributed by atoms with Crippen molar-refractivity contribution < 1.29 is 14.6 Å². The van der Waals surface area contributed by atoms with Gasteiger partial charge >= 0.3 is 6.03 Å². The van der Waals surface area contributed by atoms with Crippen molar-refractivity contribution in [3.63, 3.8) is 0 Å². The molecule has 1 aliphatic carbocycles. The summed E-state index contributed by atoms with van der Waals surface area (Å²) in [5.41, 5.74) is -1.02. The predicted octanol–water partition coefficient (Wildman–Crippen LogP) is 1.94. The van der Waals surface area contributed by atoms with Crippen molar-refractivity contribution in [2.75, 3.05) is 6.61 Å². The van der Waals surface area contributed by atoms with E-state index in [0.717, 1.165) is 32.1 Å². The van der Waals surface area contributed by atoms with Gasteiger partial charge in [0.2, 0.25) is 0 Å². The molecule has 2 fully saturated rings. The van der Waals surface area contributed by atoms with Crippen LogP contribution in [0.5, 0.6) is 0 Å². The zero-order valence-corrected chi connectivity index (χ0v) is 13.1. The van der Waals surface area contributed by atoms with Gasteiger partial charge in [-0.3, -0.25) is 0 Å². The number of carbonyl (C=O) groups is 1. The molecule has 0 aromatic rings. The standard InChI is InChI=1S/C15H28N2O3/c1-13(2)9-11(14(3,4)20-13)16-12(19)17-15(10-18)7-5-6-8-15/h11,18H,5-10H2,1-4H3,(H2,16,17,19). The Balaban J connectivity index is 1.95. The van der Waals surface area contributed by atoms with Crippen LogP contribution in [0.1, 0.15) is 59.8 Å². The normalized spacial score (nSPS) is 30.1. The van der Waals surface area contributed by atoms with Crippen LogP contribution >= 0.6 is 0 Å². The third-order valence-corrected chi connectivity index (χ3v) is 4.62. The Morgan fingerprint density at radius 2 is 1.85 bits per heavy atom. The van der Waals surface area contributed by atoms with Gasteiger partial charge in [-0.15, -0.1) is 0 Å². The molecular formula is C15H28N2O3. The Hall–Kier alpha value is -0.810. The van der Waals surface area contributed by atoms with Gasteiger partial charge in [0.1, 0.15) is 0 Å². The van der Waals surface area contributed by atoms with E-state index in [2.05, 4.69) is 10.6 Å². The van der Waals surface area contributed by atoms with Crippen molar-refractivity contribution in [1.82, 2.24) is 10.6 Å². The summed E-state index contributed by atoms with van der Waals surface area (Å²) >= 11 is 0. The highest BCUT2D eigenvalue weighted by Crippen LogP contribution is 2.37. The smallest absolute Gasteiger partial charge is 0.315 e. The molecule has 0 aromatic heterocycles. The van der Waals surface area contributed by atoms with E-state index in [4.69, 9.17) is 4.74 Å². The molecule has 1 saturated heterocycles. The Bertz CT molecular complexity index is 373. The summed E-state index contributed by atoms with van der Waals surface area (Å²) in [6.45, 7) is 8.10. The molecule has 2 aliphatic rings. The van der Waals surface area contributed by atoms with Gasteiger partial charge in [-0.25, -0.2) is 4.79 Å². The number of rotatable bonds is 3. The second-order valence-electron chi connectivity index (χ2n) is 7.47. The number of hydrogen-bond donors (Lipinski definition) is 3. The van der Waals surface area contributed by atoms with Crippen LogP contribution in [0.2, 0.25) is 0 Å². The molecule has 5 heteroatoms. The van der Waals surface area contributed by atoms with Gasteiger partial charge in [0.25, 0.3) is 0 Å². The molecule has 0 aromatic carbocycles. The summed E-state index contributed by atoms with van der Waals surface area (Å²) in [6.07, 6.45) is 4.62. The lowest BCUT2D eigenvalue weighted by Gasteiger charge is -2.31. The molecule has 0 radical (unpaired) electrons. The van der Waals surface area contributed by atoms with Crippen LogP contribution in [0.3, 0.4) is 0 Å². The minimum absolute atomic E-state index is 0.0104. The van der Waals surface area contributed by atoms with Crippen LogP contribution in [0.4, 0.5) is 4.79 Å². The molecule has 116 valence electrons. The summed E-state index contributed by atoms with van der Waals surface area (Å²) in [6, 6.07) is -0.213. The average molecular weight is 284 g/mol. The molecule has 0 bridgehead atoms. The monoisotopic (exact) mass is 284 g/mol. The Labute approximate surface area is 121 Å². The number of aliphatic hydroxyl groups excluding tert-OH is 1. The second kappa shape index (κ2) is 5.19. The van der Waals surface area contributed by atoms with Crippen molar-refractivity contribution >= 4 is 6.03 Å². The lowest BCUT2D eigenvalue weighted by atomic mass is 9.94.